The average molecular weight is 276 g/mol. The second-order valence-electron chi connectivity index (χ2n) is 3.59. The number of halogens is 2. The van der Waals surface area contributed by atoms with E-state index in [0.717, 1.165) is 22.6 Å². The molecule has 1 saturated heterocycles. The zero-order chi connectivity index (χ0) is 10.1. The van der Waals surface area contributed by atoms with E-state index in [1.807, 2.05) is 18.2 Å². The highest BCUT2D eigenvalue weighted by Crippen LogP contribution is 2.30. The van der Waals surface area contributed by atoms with E-state index in [0.29, 0.717) is 5.92 Å². The molecule has 1 aliphatic heterocycles. The first kappa shape index (κ1) is 10.4. The molecule has 1 aliphatic rings. The Morgan fingerprint density at radius 1 is 1.43 bits per heavy atom. The molecular formula is C10H12BrClN2. The zero-order valence-electron chi connectivity index (χ0n) is 7.63. The van der Waals surface area contributed by atoms with Gasteiger partial charge in [0.15, 0.2) is 0 Å². The molecule has 2 nitrogen and oxygen atoms in total. The zero-order valence-corrected chi connectivity index (χ0v) is 9.98. The molecule has 1 heterocycles. The van der Waals surface area contributed by atoms with Gasteiger partial charge in [-0.2, -0.15) is 0 Å². The van der Waals surface area contributed by atoms with Gasteiger partial charge in [-0.25, -0.2) is 0 Å². The van der Waals surface area contributed by atoms with Crippen LogP contribution in [0.3, 0.4) is 0 Å². The summed E-state index contributed by atoms with van der Waals surface area (Å²) in [5, 5.41) is 4.03. The van der Waals surface area contributed by atoms with Crippen molar-refractivity contribution in [1.82, 2.24) is 5.32 Å². The van der Waals surface area contributed by atoms with Crippen molar-refractivity contribution in [2.75, 3.05) is 13.1 Å². The minimum absolute atomic E-state index is 0.201. The molecule has 0 aromatic heterocycles. The summed E-state index contributed by atoms with van der Waals surface area (Å²) < 4.78 is 1.05. The van der Waals surface area contributed by atoms with Gasteiger partial charge >= 0.3 is 0 Å². The fraction of sp³-hybridized carbons (Fsp3) is 0.400. The lowest BCUT2D eigenvalue weighted by Gasteiger charge is -2.16. The van der Waals surface area contributed by atoms with E-state index in [9.17, 15) is 0 Å². The Morgan fingerprint density at radius 2 is 2.21 bits per heavy atom. The van der Waals surface area contributed by atoms with Crippen LogP contribution in [0.4, 0.5) is 0 Å². The predicted octanol–water partition coefficient (Wildman–Crippen LogP) is 2.12. The van der Waals surface area contributed by atoms with Crippen molar-refractivity contribution in [3.8, 4) is 0 Å². The van der Waals surface area contributed by atoms with Crippen LogP contribution in [0, 0.1) is 0 Å². The van der Waals surface area contributed by atoms with Crippen molar-refractivity contribution in [2.24, 2.45) is 5.73 Å². The minimum Gasteiger partial charge on any atom is -0.326 e. The van der Waals surface area contributed by atoms with Crippen LogP contribution in [0.1, 0.15) is 11.5 Å². The number of hydrogen-bond acceptors (Lipinski definition) is 2. The lowest BCUT2D eigenvalue weighted by atomic mass is 9.95. The van der Waals surface area contributed by atoms with Gasteiger partial charge in [0.05, 0.1) is 0 Å². The van der Waals surface area contributed by atoms with Crippen LogP contribution < -0.4 is 11.1 Å². The number of rotatable bonds is 1. The summed E-state index contributed by atoms with van der Waals surface area (Å²) in [6.07, 6.45) is 0. The van der Waals surface area contributed by atoms with E-state index in [-0.39, 0.29) is 6.04 Å². The van der Waals surface area contributed by atoms with Crippen LogP contribution >= 0.6 is 27.5 Å². The second-order valence-corrected chi connectivity index (χ2v) is 4.89. The Bertz CT molecular complexity index is 343. The monoisotopic (exact) mass is 274 g/mol. The Balaban J connectivity index is 2.31. The number of hydrogen-bond donors (Lipinski definition) is 2. The SMILES string of the molecule is NC1CNCC1c1ccc(Cl)cc1Br. The van der Waals surface area contributed by atoms with Crippen molar-refractivity contribution in [3.05, 3.63) is 33.3 Å². The fourth-order valence-corrected chi connectivity index (χ4v) is 2.82. The Labute approximate surface area is 96.9 Å². The van der Waals surface area contributed by atoms with E-state index in [4.69, 9.17) is 17.3 Å². The summed E-state index contributed by atoms with van der Waals surface area (Å²) in [5.41, 5.74) is 7.24. The highest BCUT2D eigenvalue weighted by molar-refractivity contribution is 9.10. The van der Waals surface area contributed by atoms with E-state index in [2.05, 4.69) is 21.2 Å². The Morgan fingerprint density at radius 3 is 2.79 bits per heavy atom. The van der Waals surface area contributed by atoms with Crippen LogP contribution in [0.5, 0.6) is 0 Å². The van der Waals surface area contributed by atoms with Crippen LogP contribution in [-0.4, -0.2) is 19.1 Å². The largest absolute Gasteiger partial charge is 0.326 e. The summed E-state index contributed by atoms with van der Waals surface area (Å²) in [4.78, 5) is 0. The molecule has 4 heteroatoms. The van der Waals surface area contributed by atoms with E-state index >= 15 is 0 Å². The van der Waals surface area contributed by atoms with Gasteiger partial charge in [0.25, 0.3) is 0 Å². The van der Waals surface area contributed by atoms with Crippen molar-refractivity contribution < 1.29 is 0 Å². The molecule has 0 aliphatic carbocycles. The average Bonchev–Trinajstić information content (AvgIpc) is 2.52. The summed E-state index contributed by atoms with van der Waals surface area (Å²) in [6.45, 7) is 1.83. The smallest absolute Gasteiger partial charge is 0.0417 e. The molecule has 2 atom stereocenters. The summed E-state index contributed by atoms with van der Waals surface area (Å²) in [7, 11) is 0. The number of benzene rings is 1. The first-order chi connectivity index (χ1) is 6.68. The molecule has 76 valence electrons. The maximum Gasteiger partial charge on any atom is 0.0417 e. The third-order valence-corrected chi connectivity index (χ3v) is 3.54. The molecule has 0 amide bonds. The van der Waals surface area contributed by atoms with Crippen molar-refractivity contribution >= 4 is 27.5 Å². The maximum absolute atomic E-state index is 6.00. The first-order valence-corrected chi connectivity index (χ1v) is 5.77. The van der Waals surface area contributed by atoms with Crippen molar-refractivity contribution in [1.29, 1.82) is 0 Å². The molecule has 3 N–H and O–H groups in total. The molecule has 2 unspecified atom stereocenters. The summed E-state index contributed by atoms with van der Waals surface area (Å²) in [5.74, 6) is 0.390. The van der Waals surface area contributed by atoms with Crippen LogP contribution in [-0.2, 0) is 0 Å². The topological polar surface area (TPSA) is 38.0 Å². The molecule has 1 aromatic carbocycles. The first-order valence-electron chi connectivity index (χ1n) is 4.59. The molecule has 1 aromatic rings. The standard InChI is InChI=1S/C10H12BrClN2/c11-9-3-6(12)1-2-7(9)8-4-14-5-10(8)13/h1-3,8,10,14H,4-5,13H2. The van der Waals surface area contributed by atoms with Crippen LogP contribution in [0.2, 0.25) is 5.02 Å². The van der Waals surface area contributed by atoms with E-state index < -0.39 is 0 Å². The van der Waals surface area contributed by atoms with Gasteiger partial charge in [-0.15, -0.1) is 0 Å². The predicted molar refractivity (Wildman–Crippen MR) is 62.7 cm³/mol. The van der Waals surface area contributed by atoms with Gasteiger partial charge in [0, 0.05) is 34.5 Å². The lowest BCUT2D eigenvalue weighted by Crippen LogP contribution is -2.27. The molecule has 2 rings (SSSR count). The van der Waals surface area contributed by atoms with Gasteiger partial charge in [-0.05, 0) is 17.7 Å². The molecular weight excluding hydrogens is 263 g/mol. The molecule has 1 fully saturated rings. The normalized spacial score (nSPS) is 26.8. The molecule has 0 bridgehead atoms. The number of nitrogens with two attached hydrogens (primary N) is 1. The highest BCUT2D eigenvalue weighted by Gasteiger charge is 2.26. The summed E-state index contributed by atoms with van der Waals surface area (Å²) >= 11 is 9.40. The van der Waals surface area contributed by atoms with Gasteiger partial charge in [0.2, 0.25) is 0 Å². The quantitative estimate of drug-likeness (QED) is 0.824. The van der Waals surface area contributed by atoms with Gasteiger partial charge in [-0.3, -0.25) is 0 Å². The van der Waals surface area contributed by atoms with Gasteiger partial charge in [0.1, 0.15) is 0 Å². The Hall–Kier alpha value is -0.0900. The summed E-state index contributed by atoms with van der Waals surface area (Å²) in [6, 6.07) is 6.07. The van der Waals surface area contributed by atoms with E-state index in [1.165, 1.54) is 5.56 Å². The van der Waals surface area contributed by atoms with Gasteiger partial charge in [-0.1, -0.05) is 33.6 Å². The maximum atomic E-state index is 6.00. The van der Waals surface area contributed by atoms with Crippen molar-refractivity contribution in [2.45, 2.75) is 12.0 Å². The molecule has 0 spiro atoms. The third-order valence-electron chi connectivity index (χ3n) is 2.62. The fourth-order valence-electron chi connectivity index (χ4n) is 1.84. The highest BCUT2D eigenvalue weighted by atomic mass is 79.9. The molecule has 0 saturated carbocycles. The van der Waals surface area contributed by atoms with Crippen LogP contribution in [0.15, 0.2) is 22.7 Å². The molecule has 0 radical (unpaired) electrons. The van der Waals surface area contributed by atoms with E-state index in [1.54, 1.807) is 0 Å². The molecule has 14 heavy (non-hydrogen) atoms. The van der Waals surface area contributed by atoms with Gasteiger partial charge < -0.3 is 11.1 Å². The number of nitrogens with one attached hydrogen (secondary N) is 1. The third kappa shape index (κ3) is 1.96. The van der Waals surface area contributed by atoms with Crippen molar-refractivity contribution in [3.63, 3.8) is 0 Å². The lowest BCUT2D eigenvalue weighted by molar-refractivity contribution is 0.651. The minimum atomic E-state index is 0.201. The second kappa shape index (κ2) is 4.19. The van der Waals surface area contributed by atoms with Crippen LogP contribution in [0.25, 0.3) is 0 Å². The Kier molecular flexibility index (Phi) is 3.12.